The molecule has 0 aromatic heterocycles. The highest BCUT2D eigenvalue weighted by atomic mass is 19.3. The van der Waals surface area contributed by atoms with Crippen LogP contribution < -0.4 is 0 Å². The van der Waals surface area contributed by atoms with Crippen molar-refractivity contribution in [2.75, 3.05) is 6.61 Å². The summed E-state index contributed by atoms with van der Waals surface area (Å²) in [4.78, 5) is 0. The zero-order valence-corrected chi connectivity index (χ0v) is 13.4. The van der Waals surface area contributed by atoms with Gasteiger partial charge in [-0.2, -0.15) is 0 Å². The molecule has 0 amide bonds. The Labute approximate surface area is 130 Å². The monoisotopic (exact) mass is 314 g/mol. The zero-order chi connectivity index (χ0) is 16.1. The topological polar surface area (TPSA) is 9.23 Å². The van der Waals surface area contributed by atoms with E-state index in [1.165, 1.54) is 0 Å². The zero-order valence-electron chi connectivity index (χ0n) is 13.4. The van der Waals surface area contributed by atoms with Gasteiger partial charge in [0.25, 0.3) is 6.43 Å². The summed E-state index contributed by atoms with van der Waals surface area (Å²) in [5, 5.41) is 0. The minimum atomic E-state index is -2.78. The SMILES string of the molecule is CCCc1ccc(C2CCC(CCC)OC2)c(C(F)F)c1F. The maximum Gasteiger partial charge on any atom is 0.266 e. The molecular formula is C18H25F3O. The average Bonchev–Trinajstić information content (AvgIpc) is 2.50. The minimum absolute atomic E-state index is 0.123. The van der Waals surface area contributed by atoms with Crippen LogP contribution in [0, 0.1) is 5.82 Å². The average molecular weight is 314 g/mol. The van der Waals surface area contributed by atoms with Gasteiger partial charge in [-0.15, -0.1) is 0 Å². The third-order valence-corrected chi connectivity index (χ3v) is 4.45. The molecule has 1 aliphatic heterocycles. The number of aryl methyl sites for hydroxylation is 1. The van der Waals surface area contributed by atoms with Gasteiger partial charge in [0.15, 0.2) is 0 Å². The third kappa shape index (κ3) is 3.83. The van der Waals surface area contributed by atoms with Gasteiger partial charge in [-0.05, 0) is 36.8 Å². The number of benzene rings is 1. The predicted octanol–water partition coefficient (Wildman–Crippen LogP) is 5.78. The molecule has 124 valence electrons. The summed E-state index contributed by atoms with van der Waals surface area (Å²) in [5.74, 6) is -0.840. The van der Waals surface area contributed by atoms with Crippen LogP contribution in [0.25, 0.3) is 0 Å². The van der Waals surface area contributed by atoms with E-state index in [1.807, 2.05) is 6.92 Å². The van der Waals surface area contributed by atoms with Crippen LogP contribution in [0.1, 0.15) is 75.0 Å². The first-order valence-corrected chi connectivity index (χ1v) is 8.29. The van der Waals surface area contributed by atoms with Crippen molar-refractivity contribution in [2.24, 2.45) is 0 Å². The Hall–Kier alpha value is -1.03. The van der Waals surface area contributed by atoms with Crippen LogP contribution in [0.3, 0.4) is 0 Å². The number of ether oxygens (including phenoxy) is 1. The highest BCUT2D eigenvalue weighted by Gasteiger charge is 2.29. The lowest BCUT2D eigenvalue weighted by Crippen LogP contribution is -2.25. The molecule has 1 aliphatic rings. The van der Waals surface area contributed by atoms with Crippen LogP contribution in [0.2, 0.25) is 0 Å². The van der Waals surface area contributed by atoms with E-state index in [0.717, 1.165) is 32.1 Å². The Morgan fingerprint density at radius 3 is 2.50 bits per heavy atom. The quantitative estimate of drug-likeness (QED) is 0.647. The molecule has 0 bridgehead atoms. The Kier molecular flexibility index (Phi) is 6.30. The summed E-state index contributed by atoms with van der Waals surface area (Å²) < 4.78 is 46.9. The fourth-order valence-corrected chi connectivity index (χ4v) is 3.29. The van der Waals surface area contributed by atoms with E-state index in [9.17, 15) is 13.2 Å². The van der Waals surface area contributed by atoms with Crippen molar-refractivity contribution in [3.05, 3.63) is 34.6 Å². The van der Waals surface area contributed by atoms with Gasteiger partial charge in [0.1, 0.15) is 5.82 Å². The molecule has 2 rings (SSSR count). The smallest absolute Gasteiger partial charge is 0.266 e. The Morgan fingerprint density at radius 1 is 1.18 bits per heavy atom. The van der Waals surface area contributed by atoms with E-state index in [4.69, 9.17) is 4.74 Å². The first-order chi connectivity index (χ1) is 10.6. The number of alkyl halides is 2. The van der Waals surface area contributed by atoms with Gasteiger partial charge in [-0.25, -0.2) is 13.2 Å². The van der Waals surface area contributed by atoms with E-state index in [2.05, 4.69) is 6.92 Å². The van der Waals surface area contributed by atoms with Crippen molar-refractivity contribution < 1.29 is 17.9 Å². The molecule has 1 aromatic rings. The third-order valence-electron chi connectivity index (χ3n) is 4.45. The number of halogens is 3. The molecule has 22 heavy (non-hydrogen) atoms. The summed E-state index contributed by atoms with van der Waals surface area (Å²) in [5.41, 5.74) is 0.415. The normalized spacial score (nSPS) is 22.3. The first kappa shape index (κ1) is 17.3. The second-order valence-corrected chi connectivity index (χ2v) is 6.11. The summed E-state index contributed by atoms with van der Waals surface area (Å²) in [6, 6.07) is 3.35. The van der Waals surface area contributed by atoms with E-state index >= 15 is 0 Å². The molecule has 0 aliphatic carbocycles. The van der Waals surface area contributed by atoms with E-state index in [0.29, 0.717) is 24.2 Å². The predicted molar refractivity (Wildman–Crippen MR) is 82.0 cm³/mol. The molecule has 1 saturated heterocycles. The fourth-order valence-electron chi connectivity index (χ4n) is 3.29. The Balaban J connectivity index is 2.22. The second kappa shape index (κ2) is 8.00. The van der Waals surface area contributed by atoms with Gasteiger partial charge >= 0.3 is 0 Å². The van der Waals surface area contributed by atoms with Crippen LogP contribution in [0.15, 0.2) is 12.1 Å². The molecule has 0 radical (unpaired) electrons. The largest absolute Gasteiger partial charge is 0.378 e. The van der Waals surface area contributed by atoms with Gasteiger partial charge in [0, 0.05) is 5.92 Å². The van der Waals surface area contributed by atoms with Crippen molar-refractivity contribution in [1.29, 1.82) is 0 Å². The minimum Gasteiger partial charge on any atom is -0.378 e. The first-order valence-electron chi connectivity index (χ1n) is 8.29. The fraction of sp³-hybridized carbons (Fsp3) is 0.667. The molecular weight excluding hydrogens is 289 g/mol. The van der Waals surface area contributed by atoms with Gasteiger partial charge in [0.05, 0.1) is 18.3 Å². The summed E-state index contributed by atoms with van der Waals surface area (Å²) in [6.07, 6.45) is 2.38. The highest BCUT2D eigenvalue weighted by molar-refractivity contribution is 5.37. The maximum atomic E-state index is 14.4. The number of hydrogen-bond acceptors (Lipinski definition) is 1. The van der Waals surface area contributed by atoms with E-state index in [1.54, 1.807) is 12.1 Å². The second-order valence-electron chi connectivity index (χ2n) is 6.11. The Bertz CT molecular complexity index is 479. The van der Waals surface area contributed by atoms with Gasteiger partial charge < -0.3 is 4.74 Å². The molecule has 1 nitrogen and oxygen atoms in total. The summed E-state index contributed by atoms with van der Waals surface area (Å²) in [7, 11) is 0. The lowest BCUT2D eigenvalue weighted by atomic mass is 9.86. The number of hydrogen-bond donors (Lipinski definition) is 0. The lowest BCUT2D eigenvalue weighted by molar-refractivity contribution is -0.00191. The summed E-state index contributed by atoms with van der Waals surface area (Å²) in [6.45, 7) is 4.43. The molecule has 0 saturated carbocycles. The van der Waals surface area contributed by atoms with Crippen molar-refractivity contribution in [3.8, 4) is 0 Å². The van der Waals surface area contributed by atoms with Gasteiger partial charge in [0.2, 0.25) is 0 Å². The molecule has 1 heterocycles. The summed E-state index contributed by atoms with van der Waals surface area (Å²) >= 11 is 0. The van der Waals surface area contributed by atoms with E-state index < -0.39 is 17.8 Å². The molecule has 4 heteroatoms. The molecule has 0 spiro atoms. The molecule has 1 fully saturated rings. The van der Waals surface area contributed by atoms with Gasteiger partial charge in [-0.1, -0.05) is 38.8 Å². The van der Waals surface area contributed by atoms with Crippen molar-refractivity contribution in [2.45, 2.75) is 70.8 Å². The maximum absolute atomic E-state index is 14.4. The standard InChI is InChI=1S/C18H25F3O/c1-3-5-12-8-10-15(16(17(12)19)18(20)21)13-7-9-14(6-4-2)22-11-13/h8,10,13-14,18H,3-7,9,11H2,1-2H3. The Morgan fingerprint density at radius 2 is 1.95 bits per heavy atom. The molecule has 2 atom stereocenters. The van der Waals surface area contributed by atoms with Crippen LogP contribution in [-0.2, 0) is 11.2 Å². The van der Waals surface area contributed by atoms with Crippen LogP contribution in [0.5, 0.6) is 0 Å². The molecule has 0 N–H and O–H groups in total. The van der Waals surface area contributed by atoms with Crippen LogP contribution >= 0.6 is 0 Å². The lowest BCUT2D eigenvalue weighted by Gasteiger charge is -2.30. The van der Waals surface area contributed by atoms with Crippen LogP contribution in [0.4, 0.5) is 13.2 Å². The molecule has 2 unspecified atom stereocenters. The van der Waals surface area contributed by atoms with Crippen LogP contribution in [-0.4, -0.2) is 12.7 Å². The van der Waals surface area contributed by atoms with E-state index in [-0.39, 0.29) is 12.0 Å². The van der Waals surface area contributed by atoms with Crippen molar-refractivity contribution >= 4 is 0 Å². The number of rotatable bonds is 6. The van der Waals surface area contributed by atoms with Crippen molar-refractivity contribution in [3.63, 3.8) is 0 Å². The highest BCUT2D eigenvalue weighted by Crippen LogP contribution is 2.37. The molecule has 1 aromatic carbocycles. The van der Waals surface area contributed by atoms with Gasteiger partial charge in [-0.3, -0.25) is 0 Å². The van der Waals surface area contributed by atoms with Crippen molar-refractivity contribution in [1.82, 2.24) is 0 Å².